The number of amides is 1. The van der Waals surface area contributed by atoms with Gasteiger partial charge in [-0.1, -0.05) is 6.07 Å². The maximum Gasteiger partial charge on any atom is 0.258 e. The van der Waals surface area contributed by atoms with Crippen molar-refractivity contribution in [3.8, 4) is 5.75 Å². The van der Waals surface area contributed by atoms with E-state index in [4.69, 9.17) is 4.74 Å². The Morgan fingerprint density at radius 2 is 2.19 bits per heavy atom. The smallest absolute Gasteiger partial charge is 0.258 e. The highest BCUT2D eigenvalue weighted by atomic mass is 19.1. The monoisotopic (exact) mass is 289 g/mol. The second-order valence-electron chi connectivity index (χ2n) is 4.19. The third kappa shape index (κ3) is 3.47. The van der Waals surface area contributed by atoms with Crippen molar-refractivity contribution in [1.82, 2.24) is 4.98 Å². The van der Waals surface area contributed by atoms with E-state index in [2.05, 4.69) is 15.6 Å². The minimum absolute atomic E-state index is 0.0331. The van der Waals surface area contributed by atoms with Crippen LogP contribution in [0.25, 0.3) is 0 Å². The van der Waals surface area contributed by atoms with E-state index < -0.39 is 11.7 Å². The number of pyridine rings is 1. The summed E-state index contributed by atoms with van der Waals surface area (Å²) in [5, 5.41) is 5.23. The predicted octanol–water partition coefficient (Wildman–Crippen LogP) is 2.91. The van der Waals surface area contributed by atoms with Crippen molar-refractivity contribution in [3.05, 3.63) is 47.9 Å². The van der Waals surface area contributed by atoms with Crippen LogP contribution in [-0.4, -0.2) is 24.5 Å². The van der Waals surface area contributed by atoms with Crippen molar-refractivity contribution >= 4 is 17.4 Å². The standard InChI is InChI=1S/C15H16FN3O2/c1-3-21-11-6-4-5-10(9-11)19-15(20)12-7-8-18-14(17-2)13(12)16/h4-9H,3H2,1-2H3,(H,17,18)(H,19,20). The Bertz CT molecular complexity index is 647. The van der Waals surface area contributed by atoms with Crippen LogP contribution in [-0.2, 0) is 0 Å². The summed E-state index contributed by atoms with van der Waals surface area (Å²) in [7, 11) is 1.54. The second kappa shape index (κ2) is 6.69. The van der Waals surface area contributed by atoms with Gasteiger partial charge in [-0.05, 0) is 25.1 Å². The van der Waals surface area contributed by atoms with Gasteiger partial charge in [-0.15, -0.1) is 0 Å². The minimum Gasteiger partial charge on any atom is -0.494 e. The fraction of sp³-hybridized carbons (Fsp3) is 0.200. The van der Waals surface area contributed by atoms with Crippen molar-refractivity contribution < 1.29 is 13.9 Å². The summed E-state index contributed by atoms with van der Waals surface area (Å²) >= 11 is 0. The molecule has 0 saturated heterocycles. The minimum atomic E-state index is -0.682. The maximum absolute atomic E-state index is 14.0. The number of benzene rings is 1. The molecule has 2 rings (SSSR count). The SMILES string of the molecule is CCOc1cccc(NC(=O)c2ccnc(NC)c2F)c1. The molecule has 0 saturated carbocycles. The lowest BCUT2D eigenvalue weighted by Crippen LogP contribution is -2.15. The summed E-state index contributed by atoms with van der Waals surface area (Å²) in [5.41, 5.74) is 0.462. The largest absolute Gasteiger partial charge is 0.494 e. The normalized spacial score (nSPS) is 10.0. The molecular formula is C15H16FN3O2. The number of aromatic nitrogens is 1. The average molecular weight is 289 g/mol. The average Bonchev–Trinajstić information content (AvgIpc) is 2.48. The van der Waals surface area contributed by atoms with E-state index in [1.54, 1.807) is 31.3 Å². The van der Waals surface area contributed by atoms with E-state index in [0.717, 1.165) is 0 Å². The summed E-state index contributed by atoms with van der Waals surface area (Å²) in [6.45, 7) is 2.40. The lowest BCUT2D eigenvalue weighted by molar-refractivity contribution is 0.102. The van der Waals surface area contributed by atoms with Crippen LogP contribution in [0.4, 0.5) is 15.9 Å². The van der Waals surface area contributed by atoms with E-state index in [0.29, 0.717) is 18.0 Å². The van der Waals surface area contributed by atoms with E-state index >= 15 is 0 Å². The van der Waals surface area contributed by atoms with Gasteiger partial charge in [-0.3, -0.25) is 4.79 Å². The molecule has 0 spiro atoms. The number of hydrogen-bond donors (Lipinski definition) is 2. The molecule has 6 heteroatoms. The lowest BCUT2D eigenvalue weighted by Gasteiger charge is -2.09. The molecule has 2 N–H and O–H groups in total. The van der Waals surface area contributed by atoms with E-state index in [-0.39, 0.29) is 11.4 Å². The van der Waals surface area contributed by atoms with Crippen LogP contribution in [0.3, 0.4) is 0 Å². The molecule has 0 atom stereocenters. The first-order valence-corrected chi connectivity index (χ1v) is 6.52. The Morgan fingerprint density at radius 3 is 2.90 bits per heavy atom. The summed E-state index contributed by atoms with van der Waals surface area (Å²) in [6, 6.07) is 8.25. The highest BCUT2D eigenvalue weighted by Gasteiger charge is 2.15. The first kappa shape index (κ1) is 14.8. The highest BCUT2D eigenvalue weighted by Crippen LogP contribution is 2.20. The number of nitrogens with one attached hydrogen (secondary N) is 2. The number of rotatable bonds is 5. The molecule has 0 aliphatic carbocycles. The zero-order chi connectivity index (χ0) is 15.2. The van der Waals surface area contributed by atoms with Gasteiger partial charge in [0.25, 0.3) is 5.91 Å². The van der Waals surface area contributed by atoms with Crippen molar-refractivity contribution in [1.29, 1.82) is 0 Å². The van der Waals surface area contributed by atoms with E-state index in [9.17, 15) is 9.18 Å². The number of anilines is 2. The van der Waals surface area contributed by atoms with Gasteiger partial charge in [-0.25, -0.2) is 9.37 Å². The Balaban J connectivity index is 2.20. The second-order valence-corrected chi connectivity index (χ2v) is 4.19. The van der Waals surface area contributed by atoms with Crippen molar-refractivity contribution in [3.63, 3.8) is 0 Å². The Kier molecular flexibility index (Phi) is 4.71. The summed E-state index contributed by atoms with van der Waals surface area (Å²) in [6.07, 6.45) is 1.38. The van der Waals surface area contributed by atoms with Gasteiger partial charge in [0.1, 0.15) is 5.75 Å². The van der Waals surface area contributed by atoms with Crippen LogP contribution in [0.15, 0.2) is 36.5 Å². The number of ether oxygens (including phenoxy) is 1. The summed E-state index contributed by atoms with van der Waals surface area (Å²) in [4.78, 5) is 15.9. The molecule has 1 aromatic heterocycles. The zero-order valence-corrected chi connectivity index (χ0v) is 11.8. The molecule has 1 aromatic carbocycles. The number of carbonyl (C=O) groups excluding carboxylic acids is 1. The summed E-state index contributed by atoms with van der Waals surface area (Å²) < 4.78 is 19.4. The van der Waals surface area contributed by atoms with Gasteiger partial charge in [0, 0.05) is 25.0 Å². The zero-order valence-electron chi connectivity index (χ0n) is 11.8. The van der Waals surface area contributed by atoms with E-state index in [1.807, 2.05) is 6.92 Å². The molecular weight excluding hydrogens is 273 g/mol. The van der Waals surface area contributed by atoms with Crippen molar-refractivity contribution in [2.75, 3.05) is 24.3 Å². The lowest BCUT2D eigenvalue weighted by atomic mass is 10.2. The number of carbonyl (C=O) groups is 1. The topological polar surface area (TPSA) is 63.2 Å². The van der Waals surface area contributed by atoms with Gasteiger partial charge in [0.15, 0.2) is 11.6 Å². The number of halogens is 1. The Morgan fingerprint density at radius 1 is 1.38 bits per heavy atom. The molecule has 21 heavy (non-hydrogen) atoms. The van der Waals surface area contributed by atoms with Crippen molar-refractivity contribution in [2.45, 2.75) is 6.92 Å². The van der Waals surface area contributed by atoms with Crippen LogP contribution in [0.2, 0.25) is 0 Å². The molecule has 5 nitrogen and oxygen atoms in total. The third-order valence-corrected chi connectivity index (χ3v) is 2.77. The van der Waals surface area contributed by atoms with Crippen LogP contribution >= 0.6 is 0 Å². The van der Waals surface area contributed by atoms with Crippen LogP contribution in [0.1, 0.15) is 17.3 Å². The number of hydrogen-bond acceptors (Lipinski definition) is 4. The molecule has 1 amide bonds. The van der Waals surface area contributed by atoms with Gasteiger partial charge in [-0.2, -0.15) is 0 Å². The highest BCUT2D eigenvalue weighted by molar-refractivity contribution is 6.04. The predicted molar refractivity (Wildman–Crippen MR) is 79.3 cm³/mol. The van der Waals surface area contributed by atoms with Crippen LogP contribution in [0.5, 0.6) is 5.75 Å². The molecule has 2 aromatic rings. The third-order valence-electron chi connectivity index (χ3n) is 2.77. The maximum atomic E-state index is 14.0. The first-order chi connectivity index (χ1) is 10.2. The molecule has 0 aliphatic rings. The van der Waals surface area contributed by atoms with Crippen molar-refractivity contribution in [2.24, 2.45) is 0 Å². The van der Waals surface area contributed by atoms with Gasteiger partial charge >= 0.3 is 0 Å². The molecule has 1 heterocycles. The molecule has 0 aliphatic heterocycles. The molecule has 0 fully saturated rings. The summed E-state index contributed by atoms with van der Waals surface area (Å²) in [5.74, 6) is -0.550. The fourth-order valence-electron chi connectivity index (χ4n) is 1.82. The quantitative estimate of drug-likeness (QED) is 0.888. The molecule has 0 radical (unpaired) electrons. The van der Waals surface area contributed by atoms with Crippen LogP contribution < -0.4 is 15.4 Å². The molecule has 0 unspecified atom stereocenters. The van der Waals surface area contributed by atoms with Gasteiger partial charge < -0.3 is 15.4 Å². The number of nitrogens with zero attached hydrogens (tertiary/aromatic N) is 1. The molecule has 110 valence electrons. The van der Waals surface area contributed by atoms with Gasteiger partial charge in [0.05, 0.1) is 12.2 Å². The van der Waals surface area contributed by atoms with Gasteiger partial charge in [0.2, 0.25) is 0 Å². The van der Waals surface area contributed by atoms with Crippen LogP contribution in [0, 0.1) is 5.82 Å². The fourth-order valence-corrected chi connectivity index (χ4v) is 1.82. The Labute approximate surface area is 122 Å². The Hall–Kier alpha value is -2.63. The first-order valence-electron chi connectivity index (χ1n) is 6.52. The molecule has 0 bridgehead atoms. The van der Waals surface area contributed by atoms with E-state index in [1.165, 1.54) is 12.3 Å².